The molecule has 3 aromatic rings. The summed E-state index contributed by atoms with van der Waals surface area (Å²) in [6.45, 7) is 10.5. The van der Waals surface area contributed by atoms with Crippen LogP contribution in [0, 0.1) is 19.8 Å². The Labute approximate surface area is 179 Å². The highest BCUT2D eigenvalue weighted by molar-refractivity contribution is 7.99. The molecule has 0 N–H and O–H groups in total. The van der Waals surface area contributed by atoms with E-state index in [9.17, 15) is 0 Å². The van der Waals surface area contributed by atoms with E-state index in [4.69, 9.17) is 19.1 Å². The minimum Gasteiger partial charge on any atom is -0.436 e. The molecule has 0 bridgehead atoms. The van der Waals surface area contributed by atoms with E-state index in [1.807, 2.05) is 25.2 Å². The number of hydrogen-bond acceptors (Lipinski definition) is 8. The van der Waals surface area contributed by atoms with E-state index in [1.54, 1.807) is 11.8 Å². The quantitative estimate of drug-likeness (QED) is 0.568. The lowest BCUT2D eigenvalue weighted by atomic mass is 9.89. The molecule has 154 valence electrons. The summed E-state index contributed by atoms with van der Waals surface area (Å²) in [5.41, 5.74) is 2.39. The van der Waals surface area contributed by atoms with Crippen molar-refractivity contribution in [1.29, 1.82) is 0 Å². The Balaban J connectivity index is 1.56. The second-order valence-corrected chi connectivity index (χ2v) is 10.1. The molecule has 0 aromatic carbocycles. The van der Waals surface area contributed by atoms with Crippen LogP contribution in [-0.4, -0.2) is 46.2 Å². The van der Waals surface area contributed by atoms with Crippen molar-refractivity contribution in [3.8, 4) is 0 Å². The van der Waals surface area contributed by atoms with Crippen LogP contribution in [0.3, 0.4) is 0 Å². The van der Waals surface area contributed by atoms with Crippen molar-refractivity contribution in [2.24, 2.45) is 5.92 Å². The lowest BCUT2D eigenvalue weighted by molar-refractivity contribution is 0.0330. The number of fused-ring (bicyclic) bond motifs is 3. The van der Waals surface area contributed by atoms with Gasteiger partial charge in [0.2, 0.25) is 0 Å². The lowest BCUT2D eigenvalue weighted by Gasteiger charge is -2.25. The molecular formula is C21H26N4O2S2. The average Bonchev–Trinajstić information content (AvgIpc) is 3.21. The maximum absolute atomic E-state index is 5.86. The highest BCUT2D eigenvalue weighted by Gasteiger charge is 2.25. The third-order valence-electron chi connectivity index (χ3n) is 5.83. The minimum absolute atomic E-state index is 0.668. The number of aryl methyl sites for hydroxylation is 3. The monoisotopic (exact) mass is 430 g/mol. The van der Waals surface area contributed by atoms with Crippen LogP contribution >= 0.6 is 23.1 Å². The van der Waals surface area contributed by atoms with Gasteiger partial charge in [-0.05, 0) is 56.4 Å². The fourth-order valence-electron chi connectivity index (χ4n) is 4.02. The number of hydrogen-bond donors (Lipinski definition) is 0. The highest BCUT2D eigenvalue weighted by Crippen LogP contribution is 2.42. The maximum atomic E-state index is 5.86. The molecule has 0 amide bonds. The predicted octanol–water partition coefficient (Wildman–Crippen LogP) is 4.40. The van der Waals surface area contributed by atoms with Crippen molar-refractivity contribution in [1.82, 2.24) is 19.9 Å². The van der Waals surface area contributed by atoms with Crippen LogP contribution in [0.25, 0.3) is 10.2 Å². The fourth-order valence-corrected chi connectivity index (χ4v) is 6.48. The van der Waals surface area contributed by atoms with Gasteiger partial charge in [0.25, 0.3) is 5.22 Å². The Morgan fingerprint density at radius 3 is 2.76 bits per heavy atom. The summed E-state index contributed by atoms with van der Waals surface area (Å²) in [6, 6.07) is 0. The fraction of sp³-hybridized carbons (Fsp3) is 0.571. The van der Waals surface area contributed by atoms with E-state index in [0.717, 1.165) is 78.7 Å². The number of aromatic nitrogens is 3. The molecule has 0 spiro atoms. The van der Waals surface area contributed by atoms with E-state index in [2.05, 4.69) is 16.8 Å². The summed E-state index contributed by atoms with van der Waals surface area (Å²) in [4.78, 5) is 19.5. The van der Waals surface area contributed by atoms with Crippen LogP contribution in [0.1, 0.15) is 41.1 Å². The first-order valence-corrected chi connectivity index (χ1v) is 11.9. The lowest BCUT2D eigenvalue weighted by Crippen LogP contribution is -2.36. The molecule has 6 nitrogen and oxygen atoms in total. The minimum atomic E-state index is 0.668. The van der Waals surface area contributed by atoms with E-state index >= 15 is 0 Å². The smallest absolute Gasteiger partial charge is 0.262 e. The zero-order valence-electron chi connectivity index (χ0n) is 17.2. The number of nitrogens with zero attached hydrogens (tertiary/aromatic N) is 4. The second kappa shape index (κ2) is 7.98. The normalized spacial score (nSPS) is 20.3. The van der Waals surface area contributed by atoms with Gasteiger partial charge < -0.3 is 9.15 Å². The predicted molar refractivity (Wildman–Crippen MR) is 115 cm³/mol. The van der Waals surface area contributed by atoms with Crippen LogP contribution in [-0.2, 0) is 24.1 Å². The summed E-state index contributed by atoms with van der Waals surface area (Å²) >= 11 is 3.40. The van der Waals surface area contributed by atoms with Gasteiger partial charge in [-0.15, -0.1) is 11.3 Å². The van der Waals surface area contributed by atoms with Gasteiger partial charge in [-0.25, -0.2) is 15.0 Å². The SMILES string of the molecule is Cc1nc(Sc2nc(CN3CCOCC3)nc3sc4c(c23)CCC(C)C4)oc1C. The number of ether oxygens (including phenoxy) is 1. The zero-order valence-corrected chi connectivity index (χ0v) is 18.8. The van der Waals surface area contributed by atoms with Crippen LogP contribution in [0.15, 0.2) is 14.7 Å². The van der Waals surface area contributed by atoms with Gasteiger partial charge in [0, 0.05) is 23.4 Å². The zero-order chi connectivity index (χ0) is 20.0. The molecule has 1 saturated heterocycles. The molecule has 1 aliphatic heterocycles. The molecule has 1 fully saturated rings. The number of rotatable bonds is 4. The second-order valence-electron chi connectivity index (χ2n) is 8.09. The Bertz CT molecular complexity index is 1020. The summed E-state index contributed by atoms with van der Waals surface area (Å²) < 4.78 is 11.3. The van der Waals surface area contributed by atoms with Gasteiger partial charge in [0.15, 0.2) is 0 Å². The molecule has 0 radical (unpaired) electrons. The summed E-state index contributed by atoms with van der Waals surface area (Å²) in [5, 5.41) is 2.88. The van der Waals surface area contributed by atoms with E-state index in [0.29, 0.717) is 5.22 Å². The van der Waals surface area contributed by atoms with Crippen LogP contribution in [0.4, 0.5) is 0 Å². The molecule has 4 heterocycles. The van der Waals surface area contributed by atoms with Crippen LogP contribution in [0.2, 0.25) is 0 Å². The molecule has 5 rings (SSSR count). The maximum Gasteiger partial charge on any atom is 0.262 e. The van der Waals surface area contributed by atoms with Crippen molar-refractivity contribution in [2.45, 2.75) is 56.8 Å². The van der Waals surface area contributed by atoms with Crippen molar-refractivity contribution in [3.63, 3.8) is 0 Å². The summed E-state index contributed by atoms with van der Waals surface area (Å²) in [5.74, 6) is 2.49. The third kappa shape index (κ3) is 3.95. The van der Waals surface area contributed by atoms with Crippen molar-refractivity contribution < 1.29 is 9.15 Å². The number of thiophene rings is 1. The summed E-state index contributed by atoms with van der Waals surface area (Å²) in [6.07, 6.45) is 3.49. The molecule has 1 unspecified atom stereocenters. The number of oxazole rings is 1. The Morgan fingerprint density at radius 2 is 2.00 bits per heavy atom. The Morgan fingerprint density at radius 1 is 1.17 bits per heavy atom. The van der Waals surface area contributed by atoms with Gasteiger partial charge in [-0.3, -0.25) is 4.90 Å². The largest absolute Gasteiger partial charge is 0.436 e. The van der Waals surface area contributed by atoms with Gasteiger partial charge in [0.1, 0.15) is 21.4 Å². The molecular weight excluding hydrogens is 404 g/mol. The van der Waals surface area contributed by atoms with Crippen LogP contribution < -0.4 is 0 Å². The van der Waals surface area contributed by atoms with Gasteiger partial charge in [0.05, 0.1) is 25.5 Å². The first-order valence-electron chi connectivity index (χ1n) is 10.3. The first kappa shape index (κ1) is 19.5. The Hall–Kier alpha value is -1.48. The topological polar surface area (TPSA) is 64.3 Å². The van der Waals surface area contributed by atoms with Crippen LogP contribution in [0.5, 0.6) is 0 Å². The van der Waals surface area contributed by atoms with Crippen molar-refractivity contribution in [3.05, 3.63) is 27.7 Å². The average molecular weight is 431 g/mol. The van der Waals surface area contributed by atoms with Gasteiger partial charge >= 0.3 is 0 Å². The molecule has 0 saturated carbocycles. The molecule has 8 heteroatoms. The first-order chi connectivity index (χ1) is 14.1. The third-order valence-corrected chi connectivity index (χ3v) is 7.82. The Kier molecular flexibility index (Phi) is 5.36. The van der Waals surface area contributed by atoms with Gasteiger partial charge in [-0.1, -0.05) is 6.92 Å². The molecule has 1 aliphatic carbocycles. The molecule has 2 aliphatic rings. The van der Waals surface area contributed by atoms with Gasteiger partial charge in [-0.2, -0.15) is 0 Å². The van der Waals surface area contributed by atoms with E-state index < -0.39 is 0 Å². The number of morpholine rings is 1. The molecule has 29 heavy (non-hydrogen) atoms. The van der Waals surface area contributed by atoms with E-state index in [-0.39, 0.29) is 0 Å². The molecule has 1 atom stereocenters. The van der Waals surface area contributed by atoms with Crippen molar-refractivity contribution in [2.75, 3.05) is 26.3 Å². The standard InChI is InChI=1S/C21H26N4O2S2/c1-12-4-5-15-16(10-12)28-19-18(15)20(29-21-22-13(2)14(3)27-21)24-17(23-19)11-25-6-8-26-9-7-25/h12H,4-11H2,1-3H3. The highest BCUT2D eigenvalue weighted by atomic mass is 32.2. The molecule has 3 aromatic heterocycles. The summed E-state index contributed by atoms with van der Waals surface area (Å²) in [7, 11) is 0. The van der Waals surface area contributed by atoms with Crippen molar-refractivity contribution >= 4 is 33.3 Å². The van der Waals surface area contributed by atoms with E-state index in [1.165, 1.54) is 22.2 Å².